The number of benzene rings is 4. The minimum Gasteiger partial charge on any atom is -0.495 e. The van der Waals surface area contributed by atoms with Crippen molar-refractivity contribution in [2.24, 2.45) is 0 Å². The second-order valence-electron chi connectivity index (χ2n) is 12.2. The number of anilines is 1. The van der Waals surface area contributed by atoms with Crippen molar-refractivity contribution in [3.05, 3.63) is 126 Å². The first-order valence-electron chi connectivity index (χ1n) is 16.3. The monoisotopic (exact) mass is 671 g/mol. The molecule has 0 aliphatic heterocycles. The van der Waals surface area contributed by atoms with Crippen LogP contribution in [-0.2, 0) is 32.6 Å². The molecule has 0 saturated heterocycles. The maximum Gasteiger partial charge on any atom is 0.264 e. The molecule has 0 unspecified atom stereocenters. The molecule has 0 bridgehead atoms. The summed E-state index contributed by atoms with van der Waals surface area (Å²) in [5.74, 6) is -1.31. The van der Waals surface area contributed by atoms with E-state index in [4.69, 9.17) is 4.74 Å². The molecule has 0 spiro atoms. The van der Waals surface area contributed by atoms with Crippen molar-refractivity contribution in [3.63, 3.8) is 0 Å². The molecular formula is C38H42FN3O5S. The number of nitrogens with one attached hydrogen (secondary N) is 1. The number of sulfonamides is 1. The predicted octanol–water partition coefficient (Wildman–Crippen LogP) is 6.43. The normalized spacial score (nSPS) is 14.1. The number of aryl methyl sites for hydroxylation is 1. The maximum atomic E-state index is 15.2. The Kier molecular flexibility index (Phi) is 11.5. The van der Waals surface area contributed by atoms with Crippen molar-refractivity contribution in [1.29, 1.82) is 0 Å². The summed E-state index contributed by atoms with van der Waals surface area (Å²) in [5, 5.41) is 3.16. The number of amides is 2. The van der Waals surface area contributed by atoms with E-state index in [1.807, 2.05) is 37.3 Å². The number of methoxy groups -OCH3 is 1. The van der Waals surface area contributed by atoms with E-state index in [2.05, 4.69) is 5.32 Å². The lowest BCUT2D eigenvalue weighted by atomic mass is 9.94. The SMILES string of the molecule is COc1ccccc1N(CC(=O)N(Cc1ccccc1F)[C@@H](Cc1ccccc1)C(=O)NC1CCCCC1)S(=O)(=O)c1ccc(C)cc1. The lowest BCUT2D eigenvalue weighted by molar-refractivity contribution is -0.140. The molecule has 0 radical (unpaired) electrons. The van der Waals surface area contributed by atoms with Crippen LogP contribution in [0.1, 0.15) is 48.8 Å². The summed E-state index contributed by atoms with van der Waals surface area (Å²) in [6.45, 7) is 0.947. The Balaban J connectivity index is 1.59. The molecule has 0 heterocycles. The first-order valence-corrected chi connectivity index (χ1v) is 17.7. The third-order valence-corrected chi connectivity index (χ3v) is 10.5. The van der Waals surface area contributed by atoms with Gasteiger partial charge in [-0.2, -0.15) is 0 Å². The van der Waals surface area contributed by atoms with Crippen molar-refractivity contribution in [3.8, 4) is 5.75 Å². The minimum absolute atomic E-state index is 0.0108. The van der Waals surface area contributed by atoms with Crippen molar-refractivity contribution < 1.29 is 27.1 Å². The number of hydrogen-bond donors (Lipinski definition) is 1. The smallest absolute Gasteiger partial charge is 0.264 e. The van der Waals surface area contributed by atoms with Gasteiger partial charge < -0.3 is 15.0 Å². The molecule has 2 amide bonds. The summed E-state index contributed by atoms with van der Waals surface area (Å²) in [5.41, 5.74) is 2.05. The zero-order chi connectivity index (χ0) is 34.1. The Morgan fingerprint density at radius 1 is 0.875 bits per heavy atom. The van der Waals surface area contributed by atoms with Gasteiger partial charge in [0, 0.05) is 24.6 Å². The Hall–Kier alpha value is -4.70. The van der Waals surface area contributed by atoms with Crippen molar-refractivity contribution in [2.45, 2.75) is 69.0 Å². The predicted molar refractivity (Wildman–Crippen MR) is 185 cm³/mol. The summed E-state index contributed by atoms with van der Waals surface area (Å²) in [7, 11) is -2.89. The minimum atomic E-state index is -4.31. The van der Waals surface area contributed by atoms with Gasteiger partial charge in [-0.3, -0.25) is 13.9 Å². The van der Waals surface area contributed by atoms with Gasteiger partial charge in [0.15, 0.2) is 0 Å². The molecule has 8 nitrogen and oxygen atoms in total. The maximum absolute atomic E-state index is 15.2. The molecule has 1 aliphatic rings. The number of halogens is 1. The highest BCUT2D eigenvalue weighted by Crippen LogP contribution is 2.33. The van der Waals surface area contributed by atoms with Gasteiger partial charge in [-0.25, -0.2) is 12.8 Å². The van der Waals surface area contributed by atoms with Crippen LogP contribution in [0.25, 0.3) is 0 Å². The average Bonchev–Trinajstić information content (AvgIpc) is 3.10. The van der Waals surface area contributed by atoms with Crippen molar-refractivity contribution in [1.82, 2.24) is 10.2 Å². The quantitative estimate of drug-likeness (QED) is 0.177. The molecule has 1 N–H and O–H groups in total. The van der Waals surface area contributed by atoms with Gasteiger partial charge in [-0.05, 0) is 55.7 Å². The standard InChI is InChI=1S/C38H42FN3O5S/c1-28-21-23-32(24-22-28)48(45,46)42(34-19-11-12-20-36(34)47-2)27-37(43)41(26-30-15-9-10-18-33(30)39)35(25-29-13-5-3-6-14-29)38(44)40-31-16-7-4-8-17-31/h3,5-6,9-15,18-24,31,35H,4,7-8,16-17,25-27H2,1-2H3,(H,40,44)/t35-/m0/s1. The molecule has 4 aromatic rings. The summed E-state index contributed by atoms with van der Waals surface area (Å²) >= 11 is 0. The van der Waals surface area contributed by atoms with E-state index in [-0.39, 0.29) is 46.8 Å². The summed E-state index contributed by atoms with van der Waals surface area (Å²) in [6, 6.07) is 27.2. The van der Waals surface area contributed by atoms with E-state index in [0.717, 1.165) is 47.5 Å². The average molecular weight is 672 g/mol. The zero-order valence-electron chi connectivity index (χ0n) is 27.3. The summed E-state index contributed by atoms with van der Waals surface area (Å²) in [4.78, 5) is 30.2. The molecule has 0 aromatic heterocycles. The molecule has 5 rings (SSSR count). The van der Waals surface area contributed by atoms with E-state index in [9.17, 15) is 18.0 Å². The molecular weight excluding hydrogens is 629 g/mol. The van der Waals surface area contributed by atoms with Gasteiger partial charge in [-0.15, -0.1) is 0 Å². The fourth-order valence-electron chi connectivity index (χ4n) is 6.10. The first-order chi connectivity index (χ1) is 23.2. The molecule has 10 heteroatoms. The van der Waals surface area contributed by atoms with Crippen LogP contribution in [0.3, 0.4) is 0 Å². The van der Waals surface area contributed by atoms with E-state index in [1.54, 1.807) is 54.6 Å². The van der Waals surface area contributed by atoms with E-state index in [0.29, 0.717) is 0 Å². The number of para-hydroxylation sites is 2. The van der Waals surface area contributed by atoms with E-state index >= 15 is 4.39 Å². The topological polar surface area (TPSA) is 96.0 Å². The Morgan fingerprint density at radius 3 is 2.21 bits per heavy atom. The zero-order valence-corrected chi connectivity index (χ0v) is 28.2. The number of nitrogens with zero attached hydrogens (tertiary/aromatic N) is 2. The van der Waals surface area contributed by atoms with E-state index < -0.39 is 34.3 Å². The Labute approximate surface area is 282 Å². The molecule has 1 aliphatic carbocycles. The van der Waals surface area contributed by atoms with Crippen LogP contribution in [0.15, 0.2) is 108 Å². The highest BCUT2D eigenvalue weighted by atomic mass is 32.2. The number of carbonyl (C=O) groups excluding carboxylic acids is 2. The second-order valence-corrected chi connectivity index (χ2v) is 14.0. The molecule has 252 valence electrons. The summed E-state index contributed by atoms with van der Waals surface area (Å²) < 4.78 is 50.3. The lowest BCUT2D eigenvalue weighted by Crippen LogP contribution is -2.55. The molecule has 1 fully saturated rings. The van der Waals surface area contributed by atoms with Crippen molar-refractivity contribution >= 4 is 27.5 Å². The van der Waals surface area contributed by atoms with Gasteiger partial charge >= 0.3 is 0 Å². The third-order valence-electron chi connectivity index (χ3n) is 8.76. The highest BCUT2D eigenvalue weighted by molar-refractivity contribution is 7.92. The fraction of sp³-hybridized carbons (Fsp3) is 0.316. The van der Waals surface area contributed by atoms with Crippen LogP contribution >= 0.6 is 0 Å². The van der Waals surface area contributed by atoms with Gasteiger partial charge in [0.1, 0.15) is 24.2 Å². The number of rotatable bonds is 13. The second kappa shape index (κ2) is 15.9. The fourth-order valence-corrected chi connectivity index (χ4v) is 7.52. The number of carbonyl (C=O) groups is 2. The van der Waals surface area contributed by atoms with Crippen LogP contribution in [-0.4, -0.2) is 50.9 Å². The summed E-state index contributed by atoms with van der Waals surface area (Å²) in [6.07, 6.45) is 4.92. The third kappa shape index (κ3) is 8.41. The van der Waals surface area contributed by atoms with Crippen LogP contribution < -0.4 is 14.4 Å². The van der Waals surface area contributed by atoms with Crippen molar-refractivity contribution in [2.75, 3.05) is 18.0 Å². The van der Waals surface area contributed by atoms with Crippen LogP contribution in [0.4, 0.5) is 10.1 Å². The van der Waals surface area contributed by atoms with Crippen LogP contribution in [0.5, 0.6) is 5.75 Å². The first kappa shape index (κ1) is 34.6. The Bertz CT molecular complexity index is 1790. The van der Waals surface area contributed by atoms with Crippen LogP contribution in [0, 0.1) is 12.7 Å². The molecule has 48 heavy (non-hydrogen) atoms. The molecule has 4 aromatic carbocycles. The highest BCUT2D eigenvalue weighted by Gasteiger charge is 2.36. The Morgan fingerprint density at radius 2 is 1.52 bits per heavy atom. The number of ether oxygens (including phenoxy) is 1. The largest absolute Gasteiger partial charge is 0.495 e. The van der Waals surface area contributed by atoms with Gasteiger partial charge in [-0.1, -0.05) is 97.6 Å². The molecule has 1 atom stereocenters. The van der Waals surface area contributed by atoms with Crippen LogP contribution in [0.2, 0.25) is 0 Å². The van der Waals surface area contributed by atoms with Gasteiger partial charge in [0.2, 0.25) is 11.8 Å². The van der Waals surface area contributed by atoms with Gasteiger partial charge in [0.05, 0.1) is 17.7 Å². The van der Waals surface area contributed by atoms with Gasteiger partial charge in [0.25, 0.3) is 10.0 Å². The lowest BCUT2D eigenvalue weighted by Gasteiger charge is -2.35. The number of hydrogen-bond acceptors (Lipinski definition) is 5. The van der Waals surface area contributed by atoms with E-state index in [1.165, 1.54) is 30.2 Å². The molecule has 1 saturated carbocycles.